The molecule has 0 spiro atoms. The molecule has 3 N–H and O–H groups in total. The number of rotatable bonds is 8. The van der Waals surface area contributed by atoms with Gasteiger partial charge in [0.05, 0.1) is 11.3 Å². The Morgan fingerprint density at radius 2 is 1.71 bits per heavy atom. The quantitative estimate of drug-likeness (QED) is 0.204. The van der Waals surface area contributed by atoms with Gasteiger partial charge in [-0.05, 0) is 29.2 Å². The van der Waals surface area contributed by atoms with Crippen LogP contribution in [-0.2, 0) is 4.79 Å². The van der Waals surface area contributed by atoms with E-state index in [1.807, 2.05) is 53.9 Å². The highest BCUT2D eigenvalue weighted by Gasteiger charge is 2.21. The molecule has 10 heteroatoms. The second kappa shape index (κ2) is 12.2. The van der Waals surface area contributed by atoms with Gasteiger partial charge in [-0.3, -0.25) is 4.79 Å². The van der Waals surface area contributed by atoms with Gasteiger partial charge in [0.2, 0.25) is 5.91 Å². The van der Waals surface area contributed by atoms with Crippen LogP contribution in [0.15, 0.2) is 63.4 Å². The molecule has 4 aromatic rings. The maximum absolute atomic E-state index is 12.6. The van der Waals surface area contributed by atoms with E-state index in [0.717, 1.165) is 26.9 Å². The van der Waals surface area contributed by atoms with Crippen molar-refractivity contribution in [3.8, 4) is 34.5 Å². The molecule has 190 valence electrons. The number of thiazole rings is 1. The lowest BCUT2D eigenvalue weighted by Gasteiger charge is -2.14. The molecule has 0 aliphatic carbocycles. The maximum Gasteiger partial charge on any atom is 0.226 e. The normalized spacial score (nSPS) is 10.7. The SMILES string of the molecule is CC(C)c1ccc(-c2c(C#N)c(N)nc(SCCC(=O)Nc3nc(-c4ccc(Br)cc4)cs3)c2C#N)cc1. The number of aromatic nitrogens is 2. The zero-order valence-electron chi connectivity index (χ0n) is 20.7. The third kappa shape index (κ3) is 6.22. The van der Waals surface area contributed by atoms with Crippen LogP contribution in [0.5, 0.6) is 0 Å². The van der Waals surface area contributed by atoms with E-state index in [1.165, 1.54) is 23.1 Å². The molecule has 7 nitrogen and oxygen atoms in total. The number of nitrogens with two attached hydrogens (primary N) is 1. The molecule has 2 aromatic heterocycles. The number of carbonyl (C=O) groups is 1. The van der Waals surface area contributed by atoms with Crippen LogP contribution in [0.4, 0.5) is 10.9 Å². The third-order valence-electron chi connectivity index (χ3n) is 5.74. The lowest BCUT2D eigenvalue weighted by Crippen LogP contribution is -2.12. The Morgan fingerprint density at radius 1 is 1.05 bits per heavy atom. The fourth-order valence-electron chi connectivity index (χ4n) is 3.73. The average Bonchev–Trinajstić information content (AvgIpc) is 3.37. The highest BCUT2D eigenvalue weighted by Crippen LogP contribution is 2.36. The molecular weight excluding hydrogens is 580 g/mol. The monoisotopic (exact) mass is 602 g/mol. The van der Waals surface area contributed by atoms with E-state index in [1.54, 1.807) is 0 Å². The van der Waals surface area contributed by atoms with E-state index in [9.17, 15) is 15.3 Å². The van der Waals surface area contributed by atoms with Crippen molar-refractivity contribution in [1.29, 1.82) is 10.5 Å². The number of anilines is 2. The fourth-order valence-corrected chi connectivity index (χ4v) is 5.67. The summed E-state index contributed by atoms with van der Waals surface area (Å²) >= 11 is 6.04. The molecule has 4 rings (SSSR count). The number of nitrogens with one attached hydrogen (secondary N) is 1. The molecule has 1 amide bonds. The lowest BCUT2D eigenvalue weighted by molar-refractivity contribution is -0.115. The predicted molar refractivity (Wildman–Crippen MR) is 157 cm³/mol. The third-order valence-corrected chi connectivity index (χ3v) is 8.00. The Morgan fingerprint density at radius 3 is 2.34 bits per heavy atom. The van der Waals surface area contributed by atoms with Crippen LogP contribution in [0.25, 0.3) is 22.4 Å². The summed E-state index contributed by atoms with van der Waals surface area (Å²) in [5.74, 6) is 0.588. The van der Waals surface area contributed by atoms with E-state index < -0.39 is 0 Å². The van der Waals surface area contributed by atoms with Crippen LogP contribution >= 0.6 is 39.0 Å². The second-order valence-corrected chi connectivity index (χ2v) is 11.5. The molecule has 0 aliphatic rings. The molecule has 0 saturated heterocycles. The Kier molecular flexibility index (Phi) is 8.80. The van der Waals surface area contributed by atoms with Crippen molar-refractivity contribution in [2.75, 3.05) is 16.8 Å². The van der Waals surface area contributed by atoms with E-state index in [2.05, 4.69) is 57.2 Å². The molecule has 38 heavy (non-hydrogen) atoms. The van der Waals surface area contributed by atoms with Crippen molar-refractivity contribution in [1.82, 2.24) is 9.97 Å². The van der Waals surface area contributed by atoms with Crippen molar-refractivity contribution >= 4 is 55.9 Å². The zero-order valence-corrected chi connectivity index (χ0v) is 23.9. The smallest absolute Gasteiger partial charge is 0.226 e. The molecule has 0 unspecified atom stereocenters. The summed E-state index contributed by atoms with van der Waals surface area (Å²) in [6.07, 6.45) is 0.183. The highest BCUT2D eigenvalue weighted by atomic mass is 79.9. The van der Waals surface area contributed by atoms with Gasteiger partial charge in [0, 0.05) is 33.2 Å². The van der Waals surface area contributed by atoms with Crippen molar-refractivity contribution in [3.05, 3.63) is 75.1 Å². The van der Waals surface area contributed by atoms with Crippen molar-refractivity contribution < 1.29 is 4.79 Å². The van der Waals surface area contributed by atoms with Crippen molar-refractivity contribution in [2.24, 2.45) is 0 Å². The van der Waals surface area contributed by atoms with Gasteiger partial charge in [0.15, 0.2) is 5.13 Å². The number of nitrogens with zero attached hydrogens (tertiary/aromatic N) is 4. The van der Waals surface area contributed by atoms with Crippen LogP contribution in [-0.4, -0.2) is 21.6 Å². The fraction of sp³-hybridized carbons (Fsp3) is 0.179. The molecule has 0 atom stereocenters. The number of benzene rings is 2. The number of hydrogen-bond donors (Lipinski definition) is 2. The minimum atomic E-state index is -0.196. The van der Waals surface area contributed by atoms with Gasteiger partial charge in [-0.15, -0.1) is 23.1 Å². The second-order valence-electron chi connectivity index (χ2n) is 8.62. The van der Waals surface area contributed by atoms with Crippen LogP contribution in [0.2, 0.25) is 0 Å². The first-order chi connectivity index (χ1) is 18.3. The van der Waals surface area contributed by atoms with Gasteiger partial charge in [0.1, 0.15) is 28.5 Å². The number of carbonyl (C=O) groups excluding carboxylic acids is 1. The molecule has 0 fully saturated rings. The van der Waals surface area contributed by atoms with Crippen molar-refractivity contribution in [2.45, 2.75) is 31.2 Å². The Hall–Kier alpha value is -3.70. The zero-order chi connectivity index (χ0) is 27.2. The number of amides is 1. The summed E-state index contributed by atoms with van der Waals surface area (Å²) in [6.45, 7) is 4.20. The molecular formula is C28H23BrN6OS2. The molecule has 0 saturated carbocycles. The predicted octanol–water partition coefficient (Wildman–Crippen LogP) is 7.20. The minimum Gasteiger partial charge on any atom is -0.383 e. The van der Waals surface area contributed by atoms with Crippen LogP contribution < -0.4 is 11.1 Å². The van der Waals surface area contributed by atoms with Crippen molar-refractivity contribution in [3.63, 3.8) is 0 Å². The van der Waals surface area contributed by atoms with Crippen LogP contribution in [0.1, 0.15) is 42.9 Å². The van der Waals surface area contributed by atoms with E-state index >= 15 is 0 Å². The number of hydrogen-bond acceptors (Lipinski definition) is 8. The topological polar surface area (TPSA) is 128 Å². The van der Waals surface area contributed by atoms with E-state index in [-0.39, 0.29) is 29.3 Å². The highest BCUT2D eigenvalue weighted by molar-refractivity contribution is 9.10. The van der Waals surface area contributed by atoms with E-state index in [0.29, 0.717) is 27.4 Å². The summed E-state index contributed by atoms with van der Waals surface area (Å²) in [5.41, 5.74) is 10.7. The number of pyridine rings is 1. The maximum atomic E-state index is 12.6. The van der Waals surface area contributed by atoms with Gasteiger partial charge < -0.3 is 11.1 Å². The first kappa shape index (κ1) is 27.3. The van der Waals surface area contributed by atoms with Gasteiger partial charge >= 0.3 is 0 Å². The number of nitriles is 2. The van der Waals surface area contributed by atoms with Gasteiger partial charge in [-0.1, -0.05) is 66.2 Å². The minimum absolute atomic E-state index is 0.0599. The molecule has 0 radical (unpaired) electrons. The summed E-state index contributed by atoms with van der Waals surface area (Å²) in [6, 6.07) is 19.8. The first-order valence-electron chi connectivity index (χ1n) is 11.7. The molecule has 0 aliphatic heterocycles. The number of halogens is 1. The Labute approximate surface area is 237 Å². The Bertz CT molecular complexity index is 1550. The molecule has 0 bridgehead atoms. The van der Waals surface area contributed by atoms with Crippen LogP contribution in [0, 0.1) is 22.7 Å². The summed E-state index contributed by atoms with van der Waals surface area (Å²) < 4.78 is 0.983. The molecule has 2 heterocycles. The number of nitrogen functional groups attached to an aromatic ring is 1. The average molecular weight is 604 g/mol. The van der Waals surface area contributed by atoms with E-state index in [4.69, 9.17) is 5.73 Å². The van der Waals surface area contributed by atoms with Gasteiger partial charge in [0.25, 0.3) is 0 Å². The first-order valence-corrected chi connectivity index (χ1v) is 14.3. The largest absolute Gasteiger partial charge is 0.383 e. The van der Waals surface area contributed by atoms with Crippen LogP contribution in [0.3, 0.4) is 0 Å². The summed E-state index contributed by atoms with van der Waals surface area (Å²) in [7, 11) is 0. The van der Waals surface area contributed by atoms with Gasteiger partial charge in [-0.2, -0.15) is 10.5 Å². The Balaban J connectivity index is 1.47. The summed E-state index contributed by atoms with van der Waals surface area (Å²) in [4.78, 5) is 21.4. The van der Waals surface area contributed by atoms with Gasteiger partial charge in [-0.25, -0.2) is 9.97 Å². The standard InChI is InChI=1S/C28H23BrN6OS2/c1-16(2)17-3-5-19(6-4-17)25-21(13-30)26(32)35-27(22(25)14-31)37-12-11-24(36)34-28-33-23(15-38-28)18-7-9-20(29)10-8-18/h3-10,15-16H,11-12H2,1-2H3,(H2,32,35)(H,33,34,36). The molecule has 2 aromatic carbocycles. The summed E-state index contributed by atoms with van der Waals surface area (Å²) in [5, 5.41) is 25.4. The lowest BCUT2D eigenvalue weighted by atomic mass is 9.94. The number of thioether (sulfide) groups is 1.